The molecular formula is C15H21N3O3. The van der Waals surface area contributed by atoms with Gasteiger partial charge in [0.2, 0.25) is 0 Å². The first kappa shape index (κ1) is 15.5. The van der Waals surface area contributed by atoms with E-state index in [-0.39, 0.29) is 6.61 Å². The Morgan fingerprint density at radius 2 is 2.33 bits per heavy atom. The zero-order valence-corrected chi connectivity index (χ0v) is 12.5. The third-order valence-electron chi connectivity index (χ3n) is 3.90. The number of methoxy groups -OCH3 is 1. The predicted octanol–water partition coefficient (Wildman–Crippen LogP) is 1.94. The highest BCUT2D eigenvalue weighted by Gasteiger charge is 2.35. The summed E-state index contributed by atoms with van der Waals surface area (Å²) in [6.07, 6.45) is 1.73. The molecule has 0 aromatic heterocycles. The van der Waals surface area contributed by atoms with Crippen molar-refractivity contribution in [2.24, 2.45) is 11.0 Å². The average molecular weight is 291 g/mol. The molecule has 2 N–H and O–H groups in total. The summed E-state index contributed by atoms with van der Waals surface area (Å²) in [4.78, 5) is 10.4. The molecule has 21 heavy (non-hydrogen) atoms. The smallest absolute Gasteiger partial charge is 0.119 e. The van der Waals surface area contributed by atoms with Crippen LogP contribution in [-0.2, 0) is 16.7 Å². The van der Waals surface area contributed by atoms with Crippen molar-refractivity contribution < 1.29 is 9.47 Å². The van der Waals surface area contributed by atoms with Crippen molar-refractivity contribution in [1.82, 2.24) is 5.01 Å². The van der Waals surface area contributed by atoms with Gasteiger partial charge in [-0.25, -0.2) is 5.01 Å². The lowest BCUT2D eigenvalue weighted by Gasteiger charge is -2.26. The number of aryl methyl sites for hydroxylation is 1. The first-order chi connectivity index (χ1) is 10.00. The third kappa shape index (κ3) is 3.22. The summed E-state index contributed by atoms with van der Waals surface area (Å²) in [5.41, 5.74) is 8.75. The Bertz CT molecular complexity index is 547. The summed E-state index contributed by atoms with van der Waals surface area (Å²) >= 11 is 0. The second-order valence-electron chi connectivity index (χ2n) is 5.34. The average Bonchev–Trinajstić information content (AvgIpc) is 2.83. The number of nitrogens with two attached hydrogens (primary N) is 1. The lowest BCUT2D eigenvalue weighted by atomic mass is 9.94. The number of fused-ring (bicyclic) bond motifs is 1. The number of likely N-dealkylation sites (N-methyl/N-ethyl adjacent to an activating group) is 1. The van der Waals surface area contributed by atoms with Crippen LogP contribution < -0.4 is 10.5 Å². The Morgan fingerprint density at radius 1 is 1.57 bits per heavy atom. The van der Waals surface area contributed by atoms with E-state index in [4.69, 9.17) is 15.2 Å². The second kappa shape index (κ2) is 6.24. The quantitative estimate of drug-likeness (QED) is 0.613. The van der Waals surface area contributed by atoms with Crippen LogP contribution in [0.1, 0.15) is 17.5 Å². The van der Waals surface area contributed by atoms with E-state index in [9.17, 15) is 4.91 Å². The van der Waals surface area contributed by atoms with Crippen LogP contribution in [0.2, 0.25) is 0 Å². The van der Waals surface area contributed by atoms with Gasteiger partial charge in [-0.2, -0.15) is 0 Å². The molecule has 114 valence electrons. The monoisotopic (exact) mass is 291 g/mol. The highest BCUT2D eigenvalue weighted by molar-refractivity contribution is 5.43. The zero-order chi connectivity index (χ0) is 15.5. The summed E-state index contributed by atoms with van der Waals surface area (Å²) in [5, 5.41) is 3.92. The van der Waals surface area contributed by atoms with Gasteiger partial charge in [0.1, 0.15) is 5.75 Å². The minimum Gasteiger partial charge on any atom is -0.497 e. The number of nitroso groups, excluding NO2 is 1. The summed E-state index contributed by atoms with van der Waals surface area (Å²) < 4.78 is 10.9. The van der Waals surface area contributed by atoms with E-state index in [0.29, 0.717) is 12.3 Å². The predicted molar refractivity (Wildman–Crippen MR) is 80.7 cm³/mol. The largest absolute Gasteiger partial charge is 0.497 e. The summed E-state index contributed by atoms with van der Waals surface area (Å²) in [5.74, 6) is 0.839. The Hall–Kier alpha value is -1.92. The molecule has 2 rings (SSSR count). The lowest BCUT2D eigenvalue weighted by molar-refractivity contribution is 0.0894. The van der Waals surface area contributed by atoms with E-state index in [1.165, 1.54) is 12.6 Å². The topological polar surface area (TPSA) is 77.2 Å². The van der Waals surface area contributed by atoms with Crippen molar-refractivity contribution in [3.63, 3.8) is 0 Å². The van der Waals surface area contributed by atoms with Gasteiger partial charge in [0, 0.05) is 7.05 Å². The van der Waals surface area contributed by atoms with Crippen LogP contribution in [0.25, 0.3) is 0 Å². The fraction of sp³-hybridized carbons (Fsp3) is 0.467. The summed E-state index contributed by atoms with van der Waals surface area (Å²) in [6.45, 7) is 4.33. The molecule has 1 atom stereocenters. The Kier molecular flexibility index (Phi) is 4.59. The number of nitrogens with zero attached hydrogens (tertiary/aromatic N) is 2. The number of rotatable bonds is 7. The van der Waals surface area contributed by atoms with Gasteiger partial charge in [-0.05, 0) is 36.1 Å². The molecular weight excluding hydrogens is 270 g/mol. The molecule has 1 aromatic rings. The molecule has 0 aliphatic heterocycles. The third-order valence-corrected chi connectivity index (χ3v) is 3.90. The van der Waals surface area contributed by atoms with Gasteiger partial charge in [-0.3, -0.25) is 0 Å². The number of hydrogen-bond donors (Lipinski definition) is 1. The molecule has 0 spiro atoms. The van der Waals surface area contributed by atoms with E-state index in [2.05, 4.69) is 11.9 Å². The number of hydrogen-bond acceptors (Lipinski definition) is 5. The maximum Gasteiger partial charge on any atom is 0.119 e. The fourth-order valence-corrected chi connectivity index (χ4v) is 2.53. The Morgan fingerprint density at radius 3 is 3.00 bits per heavy atom. The minimum absolute atomic E-state index is 0.229. The van der Waals surface area contributed by atoms with E-state index in [0.717, 1.165) is 29.2 Å². The van der Waals surface area contributed by atoms with Crippen molar-refractivity contribution in [1.29, 1.82) is 0 Å². The molecule has 1 aliphatic carbocycles. The molecule has 0 heterocycles. The van der Waals surface area contributed by atoms with E-state index in [1.807, 2.05) is 18.2 Å². The normalized spacial score (nSPS) is 20.0. The van der Waals surface area contributed by atoms with Gasteiger partial charge in [0.15, 0.2) is 0 Å². The van der Waals surface area contributed by atoms with Crippen LogP contribution in [-0.4, -0.2) is 32.4 Å². The maximum atomic E-state index is 10.4. The second-order valence-corrected chi connectivity index (χ2v) is 5.34. The molecule has 0 bridgehead atoms. The molecule has 0 amide bonds. The Labute approximate surface area is 124 Å². The van der Waals surface area contributed by atoms with Gasteiger partial charge < -0.3 is 15.2 Å². The molecule has 1 unspecified atom stereocenters. The molecule has 6 nitrogen and oxygen atoms in total. The van der Waals surface area contributed by atoms with Crippen molar-refractivity contribution in [2.75, 3.05) is 27.4 Å². The maximum absolute atomic E-state index is 10.4. The molecule has 0 saturated carbocycles. The van der Waals surface area contributed by atoms with Gasteiger partial charge in [0.05, 0.1) is 36.8 Å². The highest BCUT2D eigenvalue weighted by Crippen LogP contribution is 2.37. The summed E-state index contributed by atoms with van der Waals surface area (Å²) in [6, 6.07) is 5.93. The van der Waals surface area contributed by atoms with Crippen molar-refractivity contribution in [2.45, 2.75) is 18.4 Å². The minimum atomic E-state index is -0.505. The van der Waals surface area contributed by atoms with E-state index < -0.39 is 5.54 Å². The number of ether oxygens (including phenoxy) is 2. The van der Waals surface area contributed by atoms with Gasteiger partial charge in [0.25, 0.3) is 0 Å². The lowest BCUT2D eigenvalue weighted by Crippen LogP contribution is -2.39. The van der Waals surface area contributed by atoms with Crippen LogP contribution in [0.4, 0.5) is 0 Å². The van der Waals surface area contributed by atoms with Crippen molar-refractivity contribution in [3.05, 3.63) is 46.5 Å². The van der Waals surface area contributed by atoms with Crippen molar-refractivity contribution in [3.8, 4) is 5.75 Å². The zero-order valence-electron chi connectivity index (χ0n) is 12.5. The molecule has 1 aromatic carbocycles. The van der Waals surface area contributed by atoms with Crippen molar-refractivity contribution >= 4 is 0 Å². The highest BCUT2D eigenvalue weighted by atomic mass is 16.5. The molecule has 0 fully saturated rings. The fourth-order valence-electron chi connectivity index (χ4n) is 2.53. The molecule has 1 aliphatic rings. The van der Waals surface area contributed by atoms with Crippen LogP contribution in [0.3, 0.4) is 0 Å². The van der Waals surface area contributed by atoms with E-state index >= 15 is 0 Å². The van der Waals surface area contributed by atoms with Gasteiger partial charge in [-0.15, -0.1) is 4.91 Å². The first-order valence-electron chi connectivity index (χ1n) is 6.79. The Balaban J connectivity index is 1.99. The van der Waals surface area contributed by atoms with E-state index in [1.54, 1.807) is 7.11 Å². The molecule has 0 radical (unpaired) electrons. The molecule has 6 heteroatoms. The summed E-state index contributed by atoms with van der Waals surface area (Å²) in [7, 11) is 3.19. The van der Waals surface area contributed by atoms with Crippen LogP contribution in [0, 0.1) is 4.91 Å². The van der Waals surface area contributed by atoms with Crippen LogP contribution >= 0.6 is 0 Å². The van der Waals surface area contributed by atoms with Crippen LogP contribution in [0.15, 0.2) is 35.8 Å². The first-order valence-corrected chi connectivity index (χ1v) is 6.79. The standard InChI is InChI=1S/C15H21N3O3/c1-11(18(2)17-19)9-21-10-15(16)7-6-12-8-13(20-3)4-5-14(12)15/h4-5,8H,1,6-7,9-10,16H2,2-3H3. The SMILES string of the molecule is C=C(COCC1(N)CCc2cc(OC)ccc21)N(C)N=O. The van der Waals surface area contributed by atoms with Crippen LogP contribution in [0.5, 0.6) is 5.75 Å². The number of benzene rings is 1. The molecule has 0 saturated heterocycles. The van der Waals surface area contributed by atoms with Gasteiger partial charge >= 0.3 is 0 Å². The van der Waals surface area contributed by atoms with Gasteiger partial charge in [-0.1, -0.05) is 12.6 Å².